The molecular weight excluding hydrogens is 588 g/mol. The highest BCUT2D eigenvalue weighted by atomic mass is 32.2. The lowest BCUT2D eigenvalue weighted by atomic mass is 9.50. The van der Waals surface area contributed by atoms with Gasteiger partial charge in [-0.2, -0.15) is 43.5 Å². The fourth-order valence-electron chi connectivity index (χ4n) is 7.64. The predicted octanol–water partition coefficient (Wildman–Crippen LogP) is 6.74. The molecule has 4 aliphatic rings. The van der Waals surface area contributed by atoms with Crippen LogP contribution in [0.2, 0.25) is 0 Å². The molecule has 0 saturated heterocycles. The Balaban J connectivity index is 1.62. The van der Waals surface area contributed by atoms with Crippen molar-refractivity contribution in [2.24, 2.45) is 17.3 Å². The van der Waals surface area contributed by atoms with Gasteiger partial charge in [-0.1, -0.05) is 24.6 Å². The molecule has 0 heterocycles. The molecule has 0 bridgehead atoms. The number of rotatable bonds is 4. The summed E-state index contributed by atoms with van der Waals surface area (Å²) in [6, 6.07) is 4.37. The fourth-order valence-corrected chi connectivity index (χ4v) is 8.10. The van der Waals surface area contributed by atoms with Gasteiger partial charge in [-0.05, 0) is 85.3 Å². The molecule has 14 heteroatoms. The van der Waals surface area contributed by atoms with Crippen LogP contribution in [-0.4, -0.2) is 42.5 Å². The van der Waals surface area contributed by atoms with Crippen LogP contribution in [-0.2, 0) is 14.9 Å². The quantitative estimate of drug-likeness (QED) is 0.231. The first-order valence-corrected chi connectivity index (χ1v) is 14.4. The highest BCUT2D eigenvalue weighted by Crippen LogP contribution is 2.70. The maximum Gasteiger partial charge on any atom is 0.534 e. The van der Waals surface area contributed by atoms with Crippen molar-refractivity contribution in [3.05, 3.63) is 52.6 Å². The number of hydrogen-bond acceptors (Lipinski definition) is 5. The second kappa shape index (κ2) is 9.26. The van der Waals surface area contributed by atoms with Crippen LogP contribution >= 0.6 is 0 Å². The topological polar surface area (TPSA) is 80.7 Å². The van der Waals surface area contributed by atoms with E-state index < -0.39 is 68.7 Å². The smallest absolute Gasteiger partial charge is 0.383 e. The summed E-state index contributed by atoms with van der Waals surface area (Å²) < 4.78 is 136. The average molecular weight is 615 g/mol. The Hall–Kier alpha value is -2.48. The van der Waals surface area contributed by atoms with Gasteiger partial charge in [0.2, 0.25) is 0 Å². The van der Waals surface area contributed by atoms with Gasteiger partial charge in [0, 0.05) is 17.8 Å². The number of aliphatic hydroxyl groups is 1. The number of ketones is 1. The first kappa shape index (κ1) is 30.0. The van der Waals surface area contributed by atoms with Crippen LogP contribution in [0.15, 0.2) is 47.1 Å². The molecule has 0 aromatic heterocycles. The van der Waals surface area contributed by atoms with Crippen molar-refractivity contribution in [1.29, 1.82) is 0 Å². The maximum absolute atomic E-state index is 15.0. The first-order valence-electron chi connectivity index (χ1n) is 13.0. The third-order valence-corrected chi connectivity index (χ3v) is 10.5. The Morgan fingerprint density at radius 3 is 2.17 bits per heavy atom. The molecule has 5 atom stereocenters. The zero-order chi connectivity index (χ0) is 30.4. The van der Waals surface area contributed by atoms with E-state index in [1.54, 1.807) is 0 Å². The Kier molecular flexibility index (Phi) is 6.77. The van der Waals surface area contributed by atoms with Gasteiger partial charge in [-0.25, -0.2) is 0 Å². The van der Waals surface area contributed by atoms with Crippen LogP contribution < -0.4 is 4.18 Å². The molecule has 0 unspecified atom stereocenters. The normalized spacial score (nSPS) is 32.7. The van der Waals surface area contributed by atoms with E-state index in [1.165, 1.54) is 25.1 Å². The van der Waals surface area contributed by atoms with Crippen LogP contribution in [0.3, 0.4) is 0 Å². The van der Waals surface area contributed by atoms with E-state index in [2.05, 4.69) is 4.18 Å². The Morgan fingerprint density at radius 2 is 1.59 bits per heavy atom. The molecule has 1 aromatic rings. The van der Waals surface area contributed by atoms with E-state index in [-0.39, 0.29) is 25.0 Å². The third kappa shape index (κ3) is 4.42. The van der Waals surface area contributed by atoms with Gasteiger partial charge in [0.25, 0.3) is 0 Å². The molecule has 5 nitrogen and oxygen atoms in total. The van der Waals surface area contributed by atoms with E-state index >= 15 is 8.78 Å². The molecule has 41 heavy (non-hydrogen) atoms. The SMILES string of the molecule is C[C@]12C[C@H](c3ccc(OS(=O)(=O)C(F)(F)F)cc3)C3=C4CCC(=O)C=C4CC[C@H]3[C@@H]1CC[C@@]2(O)C(F)(F)C(F)(F)F. The average Bonchev–Trinajstić information content (AvgIpc) is 3.14. The Bertz CT molecular complexity index is 1430. The minimum absolute atomic E-state index is 0.0765. The molecule has 2 saturated carbocycles. The highest BCUT2D eigenvalue weighted by molar-refractivity contribution is 7.88. The largest absolute Gasteiger partial charge is 0.534 e. The minimum Gasteiger partial charge on any atom is -0.383 e. The van der Waals surface area contributed by atoms with Gasteiger partial charge < -0.3 is 9.29 Å². The van der Waals surface area contributed by atoms with Crippen molar-refractivity contribution in [2.75, 3.05) is 0 Å². The van der Waals surface area contributed by atoms with E-state index in [1.807, 2.05) is 0 Å². The van der Waals surface area contributed by atoms with Crippen molar-refractivity contribution in [2.45, 2.75) is 81.0 Å². The number of carbonyl (C=O) groups is 1. The predicted molar refractivity (Wildman–Crippen MR) is 128 cm³/mol. The molecule has 0 radical (unpaired) electrons. The summed E-state index contributed by atoms with van der Waals surface area (Å²) in [5.41, 5.74) is -8.37. The van der Waals surface area contributed by atoms with Gasteiger partial charge in [0.15, 0.2) is 5.78 Å². The zero-order valence-electron chi connectivity index (χ0n) is 21.6. The zero-order valence-corrected chi connectivity index (χ0v) is 22.4. The van der Waals surface area contributed by atoms with Gasteiger partial charge in [0.1, 0.15) is 11.4 Å². The summed E-state index contributed by atoms with van der Waals surface area (Å²) >= 11 is 0. The van der Waals surface area contributed by atoms with Crippen molar-refractivity contribution >= 4 is 15.9 Å². The van der Waals surface area contributed by atoms with Crippen molar-refractivity contribution < 1.29 is 57.6 Å². The second-order valence-corrected chi connectivity index (χ2v) is 13.1. The molecule has 1 N–H and O–H groups in total. The van der Waals surface area contributed by atoms with Crippen LogP contribution in [0.25, 0.3) is 0 Å². The molecule has 2 fully saturated rings. The Labute approximate surface area is 230 Å². The van der Waals surface area contributed by atoms with Crippen LogP contribution in [0, 0.1) is 17.3 Å². The third-order valence-electron chi connectivity index (χ3n) is 9.53. The summed E-state index contributed by atoms with van der Waals surface area (Å²) in [6.07, 6.45) is -4.41. The molecule has 1 aromatic carbocycles. The van der Waals surface area contributed by atoms with Crippen molar-refractivity contribution in [3.8, 4) is 5.75 Å². The van der Waals surface area contributed by atoms with Crippen LogP contribution in [0.5, 0.6) is 5.75 Å². The number of carbonyl (C=O) groups excluding carboxylic acids is 1. The number of alkyl halides is 8. The summed E-state index contributed by atoms with van der Waals surface area (Å²) in [5.74, 6) is -8.23. The lowest BCUT2D eigenvalue weighted by Gasteiger charge is -2.56. The standard InChI is InChI=1S/C27H26F8O5S/c1-23-13-20(14-2-6-17(7-3-14)40-41(38,39)27(33,34)35)22-18-9-5-16(36)12-15(18)4-8-19(22)21(23)10-11-24(23,37)25(28,29)26(30,31)32/h2-3,6-7,12,19-21,37H,4-5,8-11,13H2,1H3/t19-,20+,21-,23-,24-/m0/s1. The summed E-state index contributed by atoms with van der Waals surface area (Å²) in [5, 5.41) is 11.2. The van der Waals surface area contributed by atoms with E-state index in [0.29, 0.717) is 24.8 Å². The van der Waals surface area contributed by atoms with E-state index in [4.69, 9.17) is 0 Å². The number of hydrogen-bond donors (Lipinski definition) is 1. The van der Waals surface area contributed by atoms with E-state index in [0.717, 1.165) is 28.9 Å². The highest BCUT2D eigenvalue weighted by Gasteiger charge is 2.79. The van der Waals surface area contributed by atoms with Crippen molar-refractivity contribution in [3.63, 3.8) is 0 Å². The summed E-state index contributed by atoms with van der Waals surface area (Å²) in [4.78, 5) is 12.1. The second-order valence-electron chi connectivity index (χ2n) is 11.5. The molecule has 5 rings (SSSR count). The van der Waals surface area contributed by atoms with Crippen LogP contribution in [0.4, 0.5) is 35.1 Å². The lowest BCUT2D eigenvalue weighted by Crippen LogP contribution is -2.65. The van der Waals surface area contributed by atoms with Crippen LogP contribution in [0.1, 0.15) is 63.4 Å². The molecule has 4 aliphatic carbocycles. The first-order chi connectivity index (χ1) is 18.7. The van der Waals surface area contributed by atoms with E-state index in [9.17, 15) is 44.7 Å². The van der Waals surface area contributed by atoms with Gasteiger partial charge in [-0.15, -0.1) is 0 Å². The van der Waals surface area contributed by atoms with Gasteiger partial charge >= 0.3 is 27.7 Å². The van der Waals surface area contributed by atoms with Gasteiger partial charge in [0.05, 0.1) is 0 Å². The molecule has 0 amide bonds. The maximum atomic E-state index is 15.0. The Morgan fingerprint density at radius 1 is 0.951 bits per heavy atom. The fraction of sp³-hybridized carbons (Fsp3) is 0.593. The number of benzene rings is 1. The monoisotopic (exact) mass is 614 g/mol. The number of fused-ring (bicyclic) bond motifs is 4. The molecular formula is C27H26F8O5S. The molecule has 226 valence electrons. The number of halogens is 8. The lowest BCUT2D eigenvalue weighted by molar-refractivity contribution is -0.362. The molecule has 0 spiro atoms. The van der Waals surface area contributed by atoms with Gasteiger partial charge in [-0.3, -0.25) is 4.79 Å². The molecule has 0 aliphatic heterocycles. The summed E-state index contributed by atoms with van der Waals surface area (Å²) in [7, 11) is -5.97. The number of allylic oxidation sites excluding steroid dienone is 4. The minimum atomic E-state index is -6.01. The summed E-state index contributed by atoms with van der Waals surface area (Å²) in [6.45, 7) is 1.24. The van der Waals surface area contributed by atoms with Crippen molar-refractivity contribution in [1.82, 2.24) is 0 Å².